The van der Waals surface area contributed by atoms with Crippen LogP contribution >= 0.6 is 11.8 Å². The van der Waals surface area contributed by atoms with Gasteiger partial charge in [-0.25, -0.2) is 0 Å². The summed E-state index contributed by atoms with van der Waals surface area (Å²) in [6.07, 6.45) is 0.998. The van der Waals surface area contributed by atoms with Crippen LogP contribution in [0.15, 0.2) is 0 Å². The molecule has 0 radical (unpaired) electrons. The van der Waals surface area contributed by atoms with Crippen LogP contribution < -0.4 is 0 Å². The van der Waals surface area contributed by atoms with Crippen molar-refractivity contribution in [2.24, 2.45) is 0 Å². The molecule has 0 bridgehead atoms. The van der Waals surface area contributed by atoms with Crippen molar-refractivity contribution in [1.82, 2.24) is 0 Å². The number of thioether (sulfide) groups is 1. The fourth-order valence-electron chi connectivity index (χ4n) is 0.635. The highest BCUT2D eigenvalue weighted by Crippen LogP contribution is 2.25. The number of rotatable bonds is 3. The molecule has 0 unspecified atom stereocenters. The van der Waals surface area contributed by atoms with Gasteiger partial charge in [-0.1, -0.05) is 13.8 Å². The predicted octanol–water partition coefficient (Wildman–Crippen LogP) is 2.11. The maximum absolute atomic E-state index is 10.3. The van der Waals surface area contributed by atoms with E-state index in [9.17, 15) is 4.79 Å². The molecule has 0 aromatic rings. The van der Waals surface area contributed by atoms with Crippen LogP contribution in [0.5, 0.6) is 0 Å². The number of hydrogen-bond acceptors (Lipinski definition) is 2. The summed E-state index contributed by atoms with van der Waals surface area (Å²) in [6.45, 7) is 8.06. The van der Waals surface area contributed by atoms with Gasteiger partial charge in [0.1, 0.15) is 6.29 Å². The van der Waals surface area contributed by atoms with Crippen molar-refractivity contribution in [2.75, 3.05) is 0 Å². The lowest BCUT2D eigenvalue weighted by molar-refractivity contribution is -0.109. The van der Waals surface area contributed by atoms with E-state index in [-0.39, 0.29) is 4.75 Å². The van der Waals surface area contributed by atoms with Gasteiger partial charge in [0.15, 0.2) is 0 Å². The number of carbonyl (C=O) groups is 1. The highest BCUT2D eigenvalue weighted by Gasteiger charge is 2.17. The Morgan fingerprint density at radius 1 is 1.44 bits per heavy atom. The van der Waals surface area contributed by atoms with Crippen molar-refractivity contribution in [3.8, 4) is 0 Å². The van der Waals surface area contributed by atoms with Gasteiger partial charge in [0.05, 0.1) is 4.75 Å². The third kappa shape index (κ3) is 4.52. The van der Waals surface area contributed by atoms with Gasteiger partial charge in [0.2, 0.25) is 0 Å². The molecular weight excluding hydrogens is 132 g/mol. The fraction of sp³-hybridized carbons (Fsp3) is 0.857. The molecule has 0 aromatic heterocycles. The first kappa shape index (κ1) is 9.02. The molecule has 1 nitrogen and oxygen atoms in total. The summed E-state index contributed by atoms with van der Waals surface area (Å²) in [5.41, 5.74) is 0. The summed E-state index contributed by atoms with van der Waals surface area (Å²) in [6, 6.07) is 0. The Kier molecular flexibility index (Phi) is 3.26. The van der Waals surface area contributed by atoms with E-state index in [1.54, 1.807) is 11.8 Å². The number of aldehydes is 1. The first-order chi connectivity index (χ1) is 3.98. The summed E-state index contributed by atoms with van der Waals surface area (Å²) in [5.74, 6) is 0. The topological polar surface area (TPSA) is 17.1 Å². The molecule has 0 saturated carbocycles. The van der Waals surface area contributed by atoms with Crippen molar-refractivity contribution in [2.45, 2.75) is 37.7 Å². The van der Waals surface area contributed by atoms with E-state index >= 15 is 0 Å². The zero-order chi connectivity index (χ0) is 7.49. The molecule has 0 aromatic carbocycles. The molecule has 54 valence electrons. The quantitative estimate of drug-likeness (QED) is 0.567. The zero-order valence-corrected chi connectivity index (χ0v) is 7.29. The summed E-state index contributed by atoms with van der Waals surface area (Å²) in [4.78, 5) is 10.3. The lowest BCUT2D eigenvalue weighted by Gasteiger charge is -2.18. The van der Waals surface area contributed by atoms with Crippen molar-refractivity contribution in [1.29, 1.82) is 0 Å². The average molecular weight is 146 g/mol. The van der Waals surface area contributed by atoms with Gasteiger partial charge >= 0.3 is 0 Å². The molecule has 0 aliphatic heterocycles. The zero-order valence-electron chi connectivity index (χ0n) is 6.47. The van der Waals surface area contributed by atoms with E-state index in [1.165, 1.54) is 0 Å². The van der Waals surface area contributed by atoms with Gasteiger partial charge in [-0.2, -0.15) is 0 Å². The number of carbonyl (C=O) groups excluding carboxylic acids is 1. The van der Waals surface area contributed by atoms with Gasteiger partial charge in [-0.3, -0.25) is 0 Å². The van der Waals surface area contributed by atoms with Gasteiger partial charge in [-0.05, 0) is 13.8 Å². The van der Waals surface area contributed by atoms with Crippen molar-refractivity contribution >= 4 is 18.0 Å². The van der Waals surface area contributed by atoms with E-state index in [0.29, 0.717) is 5.25 Å². The summed E-state index contributed by atoms with van der Waals surface area (Å²) in [7, 11) is 0. The fourth-order valence-corrected chi connectivity index (χ4v) is 1.91. The van der Waals surface area contributed by atoms with Crippen molar-refractivity contribution in [3.05, 3.63) is 0 Å². The summed E-state index contributed by atoms with van der Waals surface area (Å²) >= 11 is 1.69. The minimum Gasteiger partial charge on any atom is -0.302 e. The third-order valence-electron chi connectivity index (χ3n) is 0.823. The van der Waals surface area contributed by atoms with Crippen LogP contribution in [0, 0.1) is 0 Å². The second kappa shape index (κ2) is 3.25. The monoisotopic (exact) mass is 146 g/mol. The first-order valence-electron chi connectivity index (χ1n) is 3.12. The Labute approximate surface area is 61.2 Å². The van der Waals surface area contributed by atoms with Crippen LogP contribution in [0.2, 0.25) is 0 Å². The third-order valence-corrected chi connectivity index (χ3v) is 2.00. The SMILES string of the molecule is CC(C)SC(C)(C)C=O. The van der Waals surface area contributed by atoms with Crippen molar-refractivity contribution < 1.29 is 4.79 Å². The molecule has 0 aliphatic carbocycles. The molecule has 0 spiro atoms. The Morgan fingerprint density at radius 3 is 2.00 bits per heavy atom. The lowest BCUT2D eigenvalue weighted by Crippen LogP contribution is -2.18. The maximum atomic E-state index is 10.3. The number of hydrogen-bond donors (Lipinski definition) is 0. The molecule has 0 heterocycles. The van der Waals surface area contributed by atoms with Gasteiger partial charge in [0, 0.05) is 5.25 Å². The maximum Gasteiger partial charge on any atom is 0.135 e. The standard InChI is InChI=1S/C7H14OS/c1-6(2)9-7(3,4)5-8/h5-6H,1-4H3. The van der Waals surface area contributed by atoms with Crippen LogP contribution in [-0.4, -0.2) is 16.3 Å². The van der Waals surface area contributed by atoms with E-state index < -0.39 is 0 Å². The Balaban J connectivity index is 3.71. The molecule has 0 saturated heterocycles. The Hall–Kier alpha value is 0.0200. The second-order valence-electron chi connectivity index (χ2n) is 2.89. The lowest BCUT2D eigenvalue weighted by atomic mass is 10.2. The minimum absolute atomic E-state index is 0.200. The van der Waals surface area contributed by atoms with E-state index in [0.717, 1.165) is 6.29 Å². The van der Waals surface area contributed by atoms with E-state index in [2.05, 4.69) is 13.8 Å². The molecule has 0 fully saturated rings. The normalized spacial score (nSPS) is 12.1. The van der Waals surface area contributed by atoms with Gasteiger partial charge < -0.3 is 4.79 Å². The Morgan fingerprint density at radius 2 is 1.89 bits per heavy atom. The molecule has 0 atom stereocenters. The smallest absolute Gasteiger partial charge is 0.135 e. The molecule has 0 aliphatic rings. The Bertz CT molecular complexity index is 97.1. The van der Waals surface area contributed by atoms with Crippen LogP contribution in [0.25, 0.3) is 0 Å². The molecule has 2 heteroatoms. The minimum atomic E-state index is -0.200. The van der Waals surface area contributed by atoms with E-state index in [4.69, 9.17) is 0 Å². The van der Waals surface area contributed by atoms with Crippen molar-refractivity contribution in [3.63, 3.8) is 0 Å². The molecule has 0 N–H and O–H groups in total. The van der Waals surface area contributed by atoms with Crippen LogP contribution in [0.4, 0.5) is 0 Å². The predicted molar refractivity (Wildman–Crippen MR) is 42.9 cm³/mol. The highest BCUT2D eigenvalue weighted by atomic mass is 32.2. The first-order valence-corrected chi connectivity index (χ1v) is 4.00. The largest absolute Gasteiger partial charge is 0.302 e. The molecular formula is C7H14OS. The van der Waals surface area contributed by atoms with Gasteiger partial charge in [0.25, 0.3) is 0 Å². The van der Waals surface area contributed by atoms with Crippen LogP contribution in [0.1, 0.15) is 27.7 Å². The second-order valence-corrected chi connectivity index (χ2v) is 5.12. The molecule has 0 rings (SSSR count). The average Bonchev–Trinajstić information content (AvgIpc) is 1.63. The summed E-state index contributed by atoms with van der Waals surface area (Å²) in [5, 5.41) is 0.533. The van der Waals surface area contributed by atoms with E-state index in [1.807, 2.05) is 13.8 Å². The summed E-state index contributed by atoms with van der Waals surface area (Å²) < 4.78 is -0.200. The highest BCUT2D eigenvalue weighted by molar-refractivity contribution is 8.01. The van der Waals surface area contributed by atoms with Gasteiger partial charge in [-0.15, -0.1) is 11.8 Å². The van der Waals surface area contributed by atoms with Crippen LogP contribution in [0.3, 0.4) is 0 Å². The molecule has 9 heavy (non-hydrogen) atoms. The molecule has 0 amide bonds. The van der Waals surface area contributed by atoms with Crippen LogP contribution in [-0.2, 0) is 4.79 Å².